The smallest absolute Gasteiger partial charge is 0.218 e. The lowest BCUT2D eigenvalue weighted by Gasteiger charge is -2.16. The van der Waals surface area contributed by atoms with Crippen molar-refractivity contribution in [2.75, 3.05) is 25.6 Å². The van der Waals surface area contributed by atoms with Crippen molar-refractivity contribution in [1.29, 1.82) is 0 Å². The van der Waals surface area contributed by atoms with Gasteiger partial charge in [-0.15, -0.1) is 0 Å². The molecule has 1 N–H and O–H groups in total. The molecule has 5 heteroatoms. The Labute approximate surface area is 103 Å². The molecule has 0 saturated heterocycles. The number of hydrogen-bond acceptors (Lipinski definition) is 5. The molecule has 0 aliphatic carbocycles. The minimum atomic E-state index is 0.258. The van der Waals surface area contributed by atoms with Gasteiger partial charge in [0.05, 0.1) is 19.3 Å². The molecule has 0 aliphatic heterocycles. The van der Waals surface area contributed by atoms with Crippen LogP contribution in [-0.4, -0.2) is 36.3 Å². The number of hydrogen-bond donors (Lipinski definition) is 1. The van der Waals surface area contributed by atoms with Gasteiger partial charge in [0.1, 0.15) is 12.1 Å². The third kappa shape index (κ3) is 4.99. The molecule has 0 saturated carbocycles. The molecule has 0 bridgehead atoms. The molecule has 0 aliphatic rings. The predicted octanol–water partition coefficient (Wildman–Crippen LogP) is 2.10. The molecule has 0 spiro atoms. The SMILES string of the molecule is CCCOc1cc(NC(CC)COC)ncn1. The molecular formula is C12H21N3O2. The van der Waals surface area contributed by atoms with Gasteiger partial charge in [0.15, 0.2) is 0 Å². The zero-order valence-corrected chi connectivity index (χ0v) is 10.8. The van der Waals surface area contributed by atoms with Crippen molar-refractivity contribution in [2.45, 2.75) is 32.7 Å². The van der Waals surface area contributed by atoms with Crippen molar-refractivity contribution in [3.05, 3.63) is 12.4 Å². The summed E-state index contributed by atoms with van der Waals surface area (Å²) in [4.78, 5) is 8.21. The first-order chi connectivity index (χ1) is 8.30. The van der Waals surface area contributed by atoms with Gasteiger partial charge >= 0.3 is 0 Å². The first kappa shape index (κ1) is 13.7. The van der Waals surface area contributed by atoms with Gasteiger partial charge in [-0.05, 0) is 12.8 Å². The number of aromatic nitrogens is 2. The normalized spacial score (nSPS) is 12.2. The van der Waals surface area contributed by atoms with E-state index >= 15 is 0 Å². The van der Waals surface area contributed by atoms with E-state index in [4.69, 9.17) is 9.47 Å². The van der Waals surface area contributed by atoms with Crippen LogP contribution < -0.4 is 10.1 Å². The van der Waals surface area contributed by atoms with E-state index in [1.807, 2.05) is 6.07 Å². The highest BCUT2D eigenvalue weighted by atomic mass is 16.5. The Hall–Kier alpha value is -1.36. The summed E-state index contributed by atoms with van der Waals surface area (Å²) in [5.74, 6) is 1.38. The Morgan fingerprint density at radius 3 is 2.82 bits per heavy atom. The summed E-state index contributed by atoms with van der Waals surface area (Å²) in [5.41, 5.74) is 0. The number of ether oxygens (including phenoxy) is 2. The van der Waals surface area contributed by atoms with E-state index in [1.165, 1.54) is 6.33 Å². The Morgan fingerprint density at radius 1 is 1.35 bits per heavy atom. The maximum Gasteiger partial charge on any atom is 0.218 e. The molecule has 0 aromatic carbocycles. The number of nitrogens with zero attached hydrogens (tertiary/aromatic N) is 2. The Kier molecular flexibility index (Phi) is 6.32. The Morgan fingerprint density at radius 2 is 2.18 bits per heavy atom. The summed E-state index contributed by atoms with van der Waals surface area (Å²) in [6, 6.07) is 2.07. The van der Waals surface area contributed by atoms with E-state index in [-0.39, 0.29) is 6.04 Å². The molecule has 1 rings (SSSR count). The molecule has 1 unspecified atom stereocenters. The zero-order valence-electron chi connectivity index (χ0n) is 10.8. The fourth-order valence-electron chi connectivity index (χ4n) is 1.38. The van der Waals surface area contributed by atoms with Crippen LogP contribution in [0.3, 0.4) is 0 Å². The first-order valence-corrected chi connectivity index (χ1v) is 6.00. The first-order valence-electron chi connectivity index (χ1n) is 6.00. The maximum atomic E-state index is 5.45. The summed E-state index contributed by atoms with van der Waals surface area (Å²) in [6.45, 7) is 5.50. The number of nitrogens with one attached hydrogen (secondary N) is 1. The van der Waals surface area contributed by atoms with Crippen LogP contribution in [0.1, 0.15) is 26.7 Å². The minimum Gasteiger partial charge on any atom is -0.478 e. The topological polar surface area (TPSA) is 56.3 Å². The van der Waals surface area contributed by atoms with Crippen molar-refractivity contribution in [1.82, 2.24) is 9.97 Å². The van der Waals surface area contributed by atoms with Crippen LogP contribution in [0, 0.1) is 0 Å². The largest absolute Gasteiger partial charge is 0.478 e. The van der Waals surface area contributed by atoms with Gasteiger partial charge in [0.25, 0.3) is 0 Å². The van der Waals surface area contributed by atoms with Gasteiger partial charge in [-0.25, -0.2) is 9.97 Å². The van der Waals surface area contributed by atoms with Crippen LogP contribution in [0.5, 0.6) is 5.88 Å². The number of rotatable bonds is 8. The lowest BCUT2D eigenvalue weighted by Crippen LogP contribution is -2.24. The van der Waals surface area contributed by atoms with Gasteiger partial charge in [-0.1, -0.05) is 13.8 Å². The summed E-state index contributed by atoms with van der Waals surface area (Å²) in [6.07, 6.45) is 3.45. The van der Waals surface area contributed by atoms with E-state index < -0.39 is 0 Å². The standard InChI is InChI=1S/C12H21N3O2/c1-4-6-17-12-7-11(13-9-14-12)15-10(5-2)8-16-3/h7,9-10H,4-6,8H2,1-3H3,(H,13,14,15). The minimum absolute atomic E-state index is 0.258. The summed E-state index contributed by atoms with van der Waals surface area (Å²) < 4.78 is 10.6. The highest BCUT2D eigenvalue weighted by Gasteiger charge is 2.07. The fourth-order valence-corrected chi connectivity index (χ4v) is 1.38. The Bertz CT molecular complexity index is 320. The van der Waals surface area contributed by atoms with Gasteiger partial charge in [-0.3, -0.25) is 0 Å². The van der Waals surface area contributed by atoms with Gasteiger partial charge in [-0.2, -0.15) is 0 Å². The van der Waals surface area contributed by atoms with Crippen molar-refractivity contribution < 1.29 is 9.47 Å². The van der Waals surface area contributed by atoms with Crippen LogP contribution in [-0.2, 0) is 4.74 Å². The number of anilines is 1. The summed E-state index contributed by atoms with van der Waals surface area (Å²) in [7, 11) is 1.69. The monoisotopic (exact) mass is 239 g/mol. The van der Waals surface area contributed by atoms with Crippen molar-refractivity contribution in [3.63, 3.8) is 0 Å². The highest BCUT2D eigenvalue weighted by Crippen LogP contribution is 2.13. The molecule has 96 valence electrons. The van der Waals surface area contributed by atoms with Crippen molar-refractivity contribution in [2.24, 2.45) is 0 Å². The fraction of sp³-hybridized carbons (Fsp3) is 0.667. The molecular weight excluding hydrogens is 218 g/mol. The van der Waals surface area contributed by atoms with E-state index in [2.05, 4.69) is 29.1 Å². The molecule has 5 nitrogen and oxygen atoms in total. The molecule has 0 fully saturated rings. The second-order valence-electron chi connectivity index (χ2n) is 3.79. The Balaban J connectivity index is 2.57. The molecule has 1 atom stereocenters. The van der Waals surface area contributed by atoms with Crippen LogP contribution in [0.15, 0.2) is 12.4 Å². The highest BCUT2D eigenvalue weighted by molar-refractivity contribution is 5.38. The average Bonchev–Trinajstić information content (AvgIpc) is 2.36. The lowest BCUT2D eigenvalue weighted by atomic mass is 10.2. The van der Waals surface area contributed by atoms with E-state index in [0.29, 0.717) is 19.1 Å². The van der Waals surface area contributed by atoms with Crippen molar-refractivity contribution in [3.8, 4) is 5.88 Å². The summed E-state index contributed by atoms with van der Waals surface area (Å²) >= 11 is 0. The van der Waals surface area contributed by atoms with Gasteiger partial charge < -0.3 is 14.8 Å². The molecule has 0 radical (unpaired) electrons. The molecule has 1 aromatic heterocycles. The van der Waals surface area contributed by atoms with Gasteiger partial charge in [0, 0.05) is 13.2 Å². The molecule has 0 amide bonds. The van der Waals surface area contributed by atoms with E-state index in [9.17, 15) is 0 Å². The quantitative estimate of drug-likeness (QED) is 0.753. The third-order valence-corrected chi connectivity index (χ3v) is 2.31. The lowest BCUT2D eigenvalue weighted by molar-refractivity contribution is 0.184. The molecule has 17 heavy (non-hydrogen) atoms. The van der Waals surface area contributed by atoms with E-state index in [0.717, 1.165) is 18.7 Å². The van der Waals surface area contributed by atoms with Crippen LogP contribution in [0.4, 0.5) is 5.82 Å². The second kappa shape index (κ2) is 7.84. The zero-order chi connectivity index (χ0) is 12.5. The van der Waals surface area contributed by atoms with Crippen LogP contribution in [0.25, 0.3) is 0 Å². The molecule has 1 aromatic rings. The van der Waals surface area contributed by atoms with Gasteiger partial charge in [0.2, 0.25) is 5.88 Å². The van der Waals surface area contributed by atoms with Crippen LogP contribution >= 0.6 is 0 Å². The van der Waals surface area contributed by atoms with E-state index in [1.54, 1.807) is 7.11 Å². The maximum absolute atomic E-state index is 5.45. The third-order valence-electron chi connectivity index (χ3n) is 2.31. The molecule has 1 heterocycles. The summed E-state index contributed by atoms with van der Waals surface area (Å²) in [5, 5.41) is 3.29. The average molecular weight is 239 g/mol. The number of methoxy groups -OCH3 is 1. The van der Waals surface area contributed by atoms with Crippen LogP contribution in [0.2, 0.25) is 0 Å². The predicted molar refractivity (Wildman–Crippen MR) is 67.4 cm³/mol. The second-order valence-corrected chi connectivity index (χ2v) is 3.79. The van der Waals surface area contributed by atoms with Crippen molar-refractivity contribution >= 4 is 5.82 Å².